The molecule has 3 rings (SSSR count). The Kier molecular flexibility index (Phi) is 5.11. The second kappa shape index (κ2) is 7.46. The molecule has 1 aromatic heterocycles. The number of hydrogen-bond acceptors (Lipinski definition) is 5. The highest BCUT2D eigenvalue weighted by Crippen LogP contribution is 2.18. The summed E-state index contributed by atoms with van der Waals surface area (Å²) in [4.78, 5) is 15.8. The molecular weight excluding hydrogens is 320 g/mol. The minimum absolute atomic E-state index is 0.0385. The van der Waals surface area contributed by atoms with Gasteiger partial charge in [0, 0.05) is 5.56 Å². The fraction of sp³-hybridized carbons (Fsp3) is 0.263. The van der Waals surface area contributed by atoms with Crippen LogP contribution in [0.2, 0.25) is 0 Å². The lowest BCUT2D eigenvalue weighted by atomic mass is 10.1. The summed E-state index contributed by atoms with van der Waals surface area (Å²) < 4.78 is 7.38. The Labute approximate surface area is 145 Å². The van der Waals surface area contributed by atoms with Crippen LogP contribution in [-0.4, -0.2) is 38.3 Å². The molecule has 130 valence electrons. The molecule has 0 saturated carbocycles. The maximum Gasteiger partial charge on any atom is 0.159 e. The molecule has 0 aliphatic rings. The summed E-state index contributed by atoms with van der Waals surface area (Å²) in [5, 5.41) is 19.8. The van der Waals surface area contributed by atoms with Crippen molar-refractivity contribution >= 4 is 16.8 Å². The van der Waals surface area contributed by atoms with Crippen molar-refractivity contribution in [3.05, 3.63) is 59.9 Å². The van der Waals surface area contributed by atoms with E-state index in [0.717, 1.165) is 11.0 Å². The Balaban J connectivity index is 1.70. The molecule has 0 spiro atoms. The van der Waals surface area contributed by atoms with E-state index in [4.69, 9.17) is 4.74 Å². The minimum atomic E-state index is -0.788. The summed E-state index contributed by atoms with van der Waals surface area (Å²) in [5.41, 5.74) is 2.19. The average molecular weight is 340 g/mol. The van der Waals surface area contributed by atoms with Crippen LogP contribution in [0.4, 0.5) is 0 Å². The van der Waals surface area contributed by atoms with Crippen molar-refractivity contribution in [2.24, 2.45) is 0 Å². The quantitative estimate of drug-likeness (QED) is 0.644. The van der Waals surface area contributed by atoms with Crippen LogP contribution in [0, 0.1) is 0 Å². The highest BCUT2D eigenvalue weighted by Gasteiger charge is 2.14. The number of fused-ring (bicyclic) bond motifs is 1. The van der Waals surface area contributed by atoms with Gasteiger partial charge < -0.3 is 19.5 Å². The minimum Gasteiger partial charge on any atom is -0.491 e. The summed E-state index contributed by atoms with van der Waals surface area (Å²) >= 11 is 0. The number of carbonyl (C=O) groups excluding carboxylic acids is 1. The first kappa shape index (κ1) is 17.1. The van der Waals surface area contributed by atoms with Crippen molar-refractivity contribution in [3.8, 4) is 5.75 Å². The first-order valence-electron chi connectivity index (χ1n) is 8.05. The molecule has 0 fully saturated rings. The average Bonchev–Trinajstić information content (AvgIpc) is 2.98. The Morgan fingerprint density at radius 1 is 1.24 bits per heavy atom. The Morgan fingerprint density at radius 2 is 2.04 bits per heavy atom. The van der Waals surface area contributed by atoms with Gasteiger partial charge in [0.2, 0.25) is 0 Å². The van der Waals surface area contributed by atoms with Crippen LogP contribution in [0.3, 0.4) is 0 Å². The first-order valence-corrected chi connectivity index (χ1v) is 8.05. The molecule has 0 saturated heterocycles. The Bertz CT molecular complexity index is 888. The molecule has 0 amide bonds. The molecule has 1 atom stereocenters. The van der Waals surface area contributed by atoms with E-state index < -0.39 is 6.10 Å². The third-order valence-corrected chi connectivity index (χ3v) is 3.95. The van der Waals surface area contributed by atoms with Gasteiger partial charge in [0.05, 0.1) is 17.6 Å². The lowest BCUT2D eigenvalue weighted by molar-refractivity contribution is 0.0913. The largest absolute Gasteiger partial charge is 0.491 e. The number of ketones is 1. The summed E-state index contributed by atoms with van der Waals surface area (Å²) in [6.07, 6.45) is -0.788. The van der Waals surface area contributed by atoms with Gasteiger partial charge in [-0.3, -0.25) is 4.79 Å². The number of benzene rings is 2. The van der Waals surface area contributed by atoms with Crippen molar-refractivity contribution in [2.45, 2.75) is 26.2 Å². The van der Waals surface area contributed by atoms with Crippen LogP contribution in [0.1, 0.15) is 23.1 Å². The zero-order valence-electron chi connectivity index (χ0n) is 13.9. The normalized spacial score (nSPS) is 12.3. The summed E-state index contributed by atoms with van der Waals surface area (Å²) in [6.45, 7) is 1.61. The molecule has 2 aromatic carbocycles. The topological polar surface area (TPSA) is 84.6 Å². The number of Topliss-reactive ketones (excluding diaryl/α,β-unsaturated/α-hetero) is 1. The zero-order chi connectivity index (χ0) is 17.8. The molecule has 0 bridgehead atoms. The lowest BCUT2D eigenvalue weighted by Crippen LogP contribution is -2.24. The van der Waals surface area contributed by atoms with Crippen molar-refractivity contribution < 1.29 is 19.7 Å². The molecule has 1 heterocycles. The van der Waals surface area contributed by atoms with Gasteiger partial charge in [0.1, 0.15) is 30.9 Å². The molecule has 25 heavy (non-hydrogen) atoms. The van der Waals surface area contributed by atoms with Crippen LogP contribution < -0.4 is 4.74 Å². The highest BCUT2D eigenvalue weighted by molar-refractivity contribution is 5.94. The predicted molar refractivity (Wildman–Crippen MR) is 93.6 cm³/mol. The summed E-state index contributed by atoms with van der Waals surface area (Å²) in [7, 11) is 0. The van der Waals surface area contributed by atoms with Gasteiger partial charge in [0.25, 0.3) is 0 Å². The van der Waals surface area contributed by atoms with Crippen LogP contribution in [0.15, 0.2) is 48.5 Å². The molecule has 2 N–H and O–H groups in total. The van der Waals surface area contributed by atoms with E-state index >= 15 is 0 Å². The predicted octanol–water partition coefficient (Wildman–Crippen LogP) is 2.17. The number of nitrogens with zero attached hydrogens (tertiary/aromatic N) is 2. The third-order valence-electron chi connectivity index (χ3n) is 3.95. The SMILES string of the molecule is CC(=O)c1cccc(OCC(O)Cn2c(CO)nc3ccccc32)c1. The number of carbonyl (C=O) groups is 1. The maximum atomic E-state index is 11.4. The molecule has 3 aromatic rings. The van der Waals surface area contributed by atoms with Crippen LogP contribution in [0.25, 0.3) is 11.0 Å². The van der Waals surface area contributed by atoms with E-state index in [9.17, 15) is 15.0 Å². The molecule has 0 aliphatic heterocycles. The number of aliphatic hydroxyl groups excluding tert-OH is 2. The fourth-order valence-corrected chi connectivity index (χ4v) is 2.71. The van der Waals surface area contributed by atoms with Gasteiger partial charge >= 0.3 is 0 Å². The second-order valence-corrected chi connectivity index (χ2v) is 5.83. The number of hydrogen-bond donors (Lipinski definition) is 2. The molecule has 1 unspecified atom stereocenters. The second-order valence-electron chi connectivity index (χ2n) is 5.83. The molecule has 6 nitrogen and oxygen atoms in total. The van der Waals surface area contributed by atoms with Crippen molar-refractivity contribution in [1.82, 2.24) is 9.55 Å². The van der Waals surface area contributed by atoms with E-state index in [-0.39, 0.29) is 25.5 Å². The Morgan fingerprint density at radius 3 is 2.80 bits per heavy atom. The summed E-state index contributed by atoms with van der Waals surface area (Å²) in [5.74, 6) is 0.993. The van der Waals surface area contributed by atoms with E-state index in [1.54, 1.807) is 28.8 Å². The van der Waals surface area contributed by atoms with Gasteiger partial charge in [-0.15, -0.1) is 0 Å². The number of para-hydroxylation sites is 2. The highest BCUT2D eigenvalue weighted by atomic mass is 16.5. The smallest absolute Gasteiger partial charge is 0.159 e. The third kappa shape index (κ3) is 3.87. The van der Waals surface area contributed by atoms with E-state index in [2.05, 4.69) is 4.98 Å². The van der Waals surface area contributed by atoms with Gasteiger partial charge in [-0.2, -0.15) is 0 Å². The molecule has 6 heteroatoms. The van der Waals surface area contributed by atoms with E-state index in [1.807, 2.05) is 24.3 Å². The summed E-state index contributed by atoms with van der Waals surface area (Å²) in [6, 6.07) is 14.4. The molecule has 0 radical (unpaired) electrons. The van der Waals surface area contributed by atoms with Crippen LogP contribution in [-0.2, 0) is 13.2 Å². The Hall–Kier alpha value is -2.70. The monoisotopic (exact) mass is 340 g/mol. The van der Waals surface area contributed by atoms with Crippen molar-refractivity contribution in [3.63, 3.8) is 0 Å². The van der Waals surface area contributed by atoms with E-state index in [0.29, 0.717) is 17.1 Å². The lowest BCUT2D eigenvalue weighted by Gasteiger charge is -2.15. The maximum absolute atomic E-state index is 11.4. The van der Waals surface area contributed by atoms with Crippen LogP contribution in [0.5, 0.6) is 5.75 Å². The van der Waals surface area contributed by atoms with E-state index in [1.165, 1.54) is 6.92 Å². The number of aliphatic hydroxyl groups is 2. The standard InChI is InChI=1S/C19H20N2O4/c1-13(23)14-5-4-6-16(9-14)25-12-15(24)10-21-18-8-3-2-7-17(18)20-19(21)11-22/h2-9,15,22,24H,10-12H2,1H3. The zero-order valence-corrected chi connectivity index (χ0v) is 13.9. The number of ether oxygens (including phenoxy) is 1. The number of imidazole rings is 1. The van der Waals surface area contributed by atoms with Gasteiger partial charge in [-0.25, -0.2) is 4.98 Å². The molecule has 0 aliphatic carbocycles. The fourth-order valence-electron chi connectivity index (χ4n) is 2.71. The van der Waals surface area contributed by atoms with Gasteiger partial charge in [-0.1, -0.05) is 24.3 Å². The molecular formula is C19H20N2O4. The van der Waals surface area contributed by atoms with Gasteiger partial charge in [0.15, 0.2) is 5.78 Å². The first-order chi connectivity index (χ1) is 12.1. The van der Waals surface area contributed by atoms with Crippen molar-refractivity contribution in [2.75, 3.05) is 6.61 Å². The van der Waals surface area contributed by atoms with Gasteiger partial charge in [-0.05, 0) is 31.2 Å². The number of rotatable bonds is 7. The number of aromatic nitrogens is 2. The van der Waals surface area contributed by atoms with Crippen LogP contribution >= 0.6 is 0 Å². The van der Waals surface area contributed by atoms with Crippen molar-refractivity contribution in [1.29, 1.82) is 0 Å².